The number of pyridine rings is 1. The van der Waals surface area contributed by atoms with E-state index in [9.17, 15) is 0 Å². The molecule has 21 heavy (non-hydrogen) atoms. The van der Waals surface area contributed by atoms with Crippen molar-refractivity contribution in [1.29, 1.82) is 0 Å². The summed E-state index contributed by atoms with van der Waals surface area (Å²) in [7, 11) is 0. The van der Waals surface area contributed by atoms with Gasteiger partial charge in [-0.05, 0) is 60.7 Å². The van der Waals surface area contributed by atoms with E-state index in [0.717, 1.165) is 30.3 Å². The van der Waals surface area contributed by atoms with E-state index in [0.29, 0.717) is 6.04 Å². The van der Waals surface area contributed by atoms with Crippen molar-refractivity contribution in [3.05, 3.63) is 63.9 Å². The van der Waals surface area contributed by atoms with Gasteiger partial charge in [0, 0.05) is 22.9 Å². The fraction of sp³-hybridized carbons (Fsp3) is 0.389. The smallest absolute Gasteiger partial charge is 0.0364 e. The lowest BCUT2D eigenvalue weighted by Gasteiger charge is -2.21. The van der Waals surface area contributed by atoms with E-state index in [-0.39, 0.29) is 0 Å². The van der Waals surface area contributed by atoms with E-state index < -0.39 is 0 Å². The van der Waals surface area contributed by atoms with Crippen LogP contribution in [0, 0.1) is 0 Å². The molecule has 1 N–H and O–H groups in total. The van der Waals surface area contributed by atoms with Crippen LogP contribution in [0.15, 0.2) is 47.2 Å². The summed E-state index contributed by atoms with van der Waals surface area (Å²) in [5, 5.41) is 3.69. The van der Waals surface area contributed by atoms with Crippen LogP contribution in [0.25, 0.3) is 0 Å². The molecule has 0 aliphatic rings. The maximum atomic E-state index is 4.26. The van der Waals surface area contributed by atoms with E-state index in [1.807, 2.05) is 12.4 Å². The van der Waals surface area contributed by atoms with E-state index in [1.54, 1.807) is 0 Å². The molecule has 1 aromatic carbocycles. The Balaban J connectivity index is 2.25. The number of benzene rings is 1. The van der Waals surface area contributed by atoms with Gasteiger partial charge in [0.1, 0.15) is 0 Å². The Kier molecular flexibility index (Phi) is 6.40. The Morgan fingerprint density at radius 3 is 2.81 bits per heavy atom. The summed E-state index contributed by atoms with van der Waals surface area (Å²) >= 11 is 3.56. The standard InChI is InChI=1S/C18H23BrN2/c1-3-9-21-18(12-14-6-5-7-16(19)11-14)17-8-10-20-13-15(17)4-2/h5-8,10-11,13,18,21H,3-4,9,12H2,1-2H3. The Hall–Kier alpha value is -1.19. The van der Waals surface area contributed by atoms with Gasteiger partial charge in [-0.1, -0.05) is 41.9 Å². The summed E-state index contributed by atoms with van der Waals surface area (Å²) in [4.78, 5) is 4.26. The largest absolute Gasteiger partial charge is 0.310 e. The number of nitrogens with zero attached hydrogens (tertiary/aromatic N) is 1. The molecule has 0 saturated heterocycles. The lowest BCUT2D eigenvalue weighted by atomic mass is 9.95. The topological polar surface area (TPSA) is 24.9 Å². The third-order valence-electron chi connectivity index (χ3n) is 3.67. The van der Waals surface area contributed by atoms with Crippen LogP contribution >= 0.6 is 15.9 Å². The molecule has 0 saturated carbocycles. The summed E-state index contributed by atoms with van der Waals surface area (Å²) in [5.41, 5.74) is 4.05. The molecule has 112 valence electrons. The zero-order valence-corrected chi connectivity index (χ0v) is 14.4. The van der Waals surface area contributed by atoms with E-state index in [4.69, 9.17) is 0 Å². The first-order valence-corrected chi connectivity index (χ1v) is 8.44. The predicted molar refractivity (Wildman–Crippen MR) is 92.5 cm³/mol. The molecule has 0 amide bonds. The van der Waals surface area contributed by atoms with Crippen LogP contribution in [-0.4, -0.2) is 11.5 Å². The molecule has 2 aromatic rings. The van der Waals surface area contributed by atoms with Crippen LogP contribution in [-0.2, 0) is 12.8 Å². The molecule has 2 nitrogen and oxygen atoms in total. The zero-order valence-electron chi connectivity index (χ0n) is 12.8. The summed E-state index contributed by atoms with van der Waals surface area (Å²) in [6, 6.07) is 11.1. The fourth-order valence-electron chi connectivity index (χ4n) is 2.58. The van der Waals surface area contributed by atoms with Crippen molar-refractivity contribution in [2.45, 2.75) is 39.2 Å². The molecular weight excluding hydrogens is 324 g/mol. The molecule has 0 fully saturated rings. The monoisotopic (exact) mass is 346 g/mol. The molecule has 0 radical (unpaired) electrons. The number of aryl methyl sites for hydroxylation is 1. The molecule has 0 aliphatic heterocycles. The van der Waals surface area contributed by atoms with Crippen molar-refractivity contribution < 1.29 is 0 Å². The predicted octanol–water partition coefficient (Wildman–Crippen LogP) is 4.69. The molecule has 1 aromatic heterocycles. The van der Waals surface area contributed by atoms with Gasteiger partial charge in [-0.25, -0.2) is 0 Å². The molecule has 0 bridgehead atoms. The molecule has 2 rings (SSSR count). The quantitative estimate of drug-likeness (QED) is 0.786. The summed E-state index contributed by atoms with van der Waals surface area (Å²) < 4.78 is 1.14. The third kappa shape index (κ3) is 4.65. The fourth-order valence-corrected chi connectivity index (χ4v) is 3.03. The highest BCUT2D eigenvalue weighted by Gasteiger charge is 2.15. The number of aromatic nitrogens is 1. The van der Waals surface area contributed by atoms with Crippen LogP contribution in [0.2, 0.25) is 0 Å². The van der Waals surface area contributed by atoms with Gasteiger partial charge in [-0.15, -0.1) is 0 Å². The first-order chi connectivity index (χ1) is 10.2. The molecule has 1 heterocycles. The van der Waals surface area contributed by atoms with Crippen LogP contribution < -0.4 is 5.32 Å². The Morgan fingerprint density at radius 1 is 1.24 bits per heavy atom. The molecule has 0 spiro atoms. The lowest BCUT2D eigenvalue weighted by Crippen LogP contribution is -2.25. The SMILES string of the molecule is CCCNC(Cc1cccc(Br)c1)c1ccncc1CC. The van der Waals surface area contributed by atoms with Crippen molar-refractivity contribution in [2.75, 3.05) is 6.54 Å². The van der Waals surface area contributed by atoms with Crippen molar-refractivity contribution in [3.63, 3.8) is 0 Å². The summed E-state index contributed by atoms with van der Waals surface area (Å²) in [5.74, 6) is 0. The van der Waals surface area contributed by atoms with Gasteiger partial charge in [0.25, 0.3) is 0 Å². The minimum absolute atomic E-state index is 0.345. The Labute approximate surface area is 136 Å². The highest BCUT2D eigenvalue weighted by Crippen LogP contribution is 2.23. The van der Waals surface area contributed by atoms with E-state index in [2.05, 4.69) is 70.4 Å². The average Bonchev–Trinajstić information content (AvgIpc) is 2.51. The highest BCUT2D eigenvalue weighted by molar-refractivity contribution is 9.10. The van der Waals surface area contributed by atoms with E-state index >= 15 is 0 Å². The number of hydrogen-bond acceptors (Lipinski definition) is 2. The van der Waals surface area contributed by atoms with Crippen LogP contribution in [0.5, 0.6) is 0 Å². The van der Waals surface area contributed by atoms with Crippen molar-refractivity contribution >= 4 is 15.9 Å². The second-order valence-electron chi connectivity index (χ2n) is 5.27. The first kappa shape index (κ1) is 16.2. The third-order valence-corrected chi connectivity index (χ3v) is 4.16. The van der Waals surface area contributed by atoms with Gasteiger partial charge in [-0.2, -0.15) is 0 Å². The minimum atomic E-state index is 0.345. The molecule has 0 aliphatic carbocycles. The maximum Gasteiger partial charge on any atom is 0.0364 e. The van der Waals surface area contributed by atoms with Gasteiger partial charge < -0.3 is 5.32 Å². The number of nitrogens with one attached hydrogen (secondary N) is 1. The second-order valence-corrected chi connectivity index (χ2v) is 6.18. The average molecular weight is 347 g/mol. The molecular formula is C18H23BrN2. The first-order valence-electron chi connectivity index (χ1n) is 7.65. The van der Waals surface area contributed by atoms with Crippen LogP contribution in [0.1, 0.15) is 43.0 Å². The van der Waals surface area contributed by atoms with Crippen molar-refractivity contribution in [3.8, 4) is 0 Å². The van der Waals surface area contributed by atoms with Gasteiger partial charge in [0.2, 0.25) is 0 Å². The molecule has 1 atom stereocenters. The summed E-state index contributed by atoms with van der Waals surface area (Å²) in [6.45, 7) is 5.43. The maximum absolute atomic E-state index is 4.26. The highest BCUT2D eigenvalue weighted by atomic mass is 79.9. The van der Waals surface area contributed by atoms with E-state index in [1.165, 1.54) is 16.7 Å². The van der Waals surface area contributed by atoms with Gasteiger partial charge in [-0.3, -0.25) is 4.98 Å². The minimum Gasteiger partial charge on any atom is -0.310 e. The van der Waals surface area contributed by atoms with Gasteiger partial charge in [0.15, 0.2) is 0 Å². The number of hydrogen-bond donors (Lipinski definition) is 1. The zero-order chi connectivity index (χ0) is 15.1. The van der Waals surface area contributed by atoms with Gasteiger partial charge >= 0.3 is 0 Å². The second kappa shape index (κ2) is 8.30. The molecule has 3 heteroatoms. The van der Waals surface area contributed by atoms with Crippen molar-refractivity contribution in [2.24, 2.45) is 0 Å². The Morgan fingerprint density at radius 2 is 2.10 bits per heavy atom. The van der Waals surface area contributed by atoms with Crippen molar-refractivity contribution in [1.82, 2.24) is 10.3 Å². The van der Waals surface area contributed by atoms with Crippen LogP contribution in [0.4, 0.5) is 0 Å². The van der Waals surface area contributed by atoms with Gasteiger partial charge in [0.05, 0.1) is 0 Å². The molecule has 1 unspecified atom stereocenters. The Bertz CT molecular complexity index is 569. The number of rotatable bonds is 7. The summed E-state index contributed by atoms with van der Waals surface area (Å²) in [6.07, 6.45) is 7.05. The normalized spacial score (nSPS) is 12.3. The van der Waals surface area contributed by atoms with Crippen LogP contribution in [0.3, 0.4) is 0 Å². The number of halogens is 1. The lowest BCUT2D eigenvalue weighted by molar-refractivity contribution is 0.525.